The standard InChI is InChI=1S/C82H160O17P2/c1-9-75(8)61-53-45-37-29-25-26-32-40-49-57-65-82(87)98-77(68-92-79(84)62-54-46-38-30-23-19-15-11-10-13-17-21-27-34-42-50-58-72(2)3)70-96-100(88,89)94-66-76(83)67-95-101(90,91)97-71-78(69-93-80(85)63-55-47-41-33-36-44-52-60-74(6)7)99-81(86)64-56-48-39-31-24-20-16-12-14-18-22-28-35-43-51-59-73(4)5/h72-78,83H,9-71H2,1-8H3,(H,88,89)(H,90,91)/t75?,76?,77-,78-/m1/s1. The van der Waals surface area contributed by atoms with Gasteiger partial charge in [0.05, 0.1) is 26.4 Å². The van der Waals surface area contributed by atoms with Crippen LogP contribution in [0.25, 0.3) is 0 Å². The number of aliphatic hydroxyl groups is 1. The van der Waals surface area contributed by atoms with Crippen LogP contribution in [0.3, 0.4) is 0 Å². The van der Waals surface area contributed by atoms with Crippen molar-refractivity contribution in [1.82, 2.24) is 0 Å². The molecule has 0 rings (SSSR count). The SMILES string of the molecule is CCC(C)CCCCCCCCCCCCC(=O)O[C@H](COC(=O)CCCCCCCCCCCCCCCCCCC(C)C)COP(=O)(O)OCC(O)COP(=O)(O)OC[C@@H](COC(=O)CCCCCCCCCC(C)C)OC(=O)CCCCCCCCCCCCCCCCCC(C)C. The van der Waals surface area contributed by atoms with Crippen LogP contribution in [-0.2, 0) is 65.4 Å². The number of aliphatic hydroxyl groups excluding tert-OH is 1. The highest BCUT2D eigenvalue weighted by Crippen LogP contribution is 2.45. The largest absolute Gasteiger partial charge is 0.472 e. The Kier molecular flexibility index (Phi) is 69.6. The number of phosphoric acid groups is 2. The van der Waals surface area contributed by atoms with Crippen molar-refractivity contribution in [3.05, 3.63) is 0 Å². The average molecular weight is 1480 g/mol. The highest BCUT2D eigenvalue weighted by molar-refractivity contribution is 7.47. The first-order valence-corrected chi connectivity index (χ1v) is 45.2. The van der Waals surface area contributed by atoms with Crippen LogP contribution in [0, 0.1) is 23.7 Å². The van der Waals surface area contributed by atoms with Crippen LogP contribution < -0.4 is 0 Å². The maximum absolute atomic E-state index is 13.1. The Labute approximate surface area is 619 Å². The van der Waals surface area contributed by atoms with Crippen molar-refractivity contribution in [2.24, 2.45) is 23.7 Å². The summed E-state index contributed by atoms with van der Waals surface area (Å²) in [5.41, 5.74) is 0. The van der Waals surface area contributed by atoms with Gasteiger partial charge in [-0.2, -0.15) is 0 Å². The third kappa shape index (κ3) is 74.7. The summed E-state index contributed by atoms with van der Waals surface area (Å²) in [5, 5.41) is 10.6. The van der Waals surface area contributed by atoms with E-state index in [1.54, 1.807) is 0 Å². The molecule has 19 heteroatoms. The maximum Gasteiger partial charge on any atom is 0.472 e. The van der Waals surface area contributed by atoms with Crippen molar-refractivity contribution in [1.29, 1.82) is 0 Å². The molecule has 0 saturated carbocycles. The molecule has 0 fully saturated rings. The molecule has 0 aromatic rings. The molecule has 0 heterocycles. The molecule has 6 atom stereocenters. The first-order valence-electron chi connectivity index (χ1n) is 42.2. The van der Waals surface area contributed by atoms with E-state index in [9.17, 15) is 43.2 Å². The number of phosphoric ester groups is 2. The summed E-state index contributed by atoms with van der Waals surface area (Å²) in [6.07, 6.45) is 58.3. The van der Waals surface area contributed by atoms with E-state index in [-0.39, 0.29) is 25.7 Å². The van der Waals surface area contributed by atoms with Gasteiger partial charge in [0.25, 0.3) is 0 Å². The summed E-state index contributed by atoms with van der Waals surface area (Å²) in [6.45, 7) is 14.3. The van der Waals surface area contributed by atoms with E-state index in [0.29, 0.717) is 31.6 Å². The van der Waals surface area contributed by atoms with E-state index < -0.39 is 97.5 Å². The third-order valence-electron chi connectivity index (χ3n) is 19.4. The van der Waals surface area contributed by atoms with Gasteiger partial charge in [-0.25, -0.2) is 9.13 Å². The second-order valence-corrected chi connectivity index (χ2v) is 34.1. The molecule has 0 spiro atoms. The van der Waals surface area contributed by atoms with Crippen LogP contribution in [0.4, 0.5) is 0 Å². The highest BCUT2D eigenvalue weighted by Gasteiger charge is 2.30. The van der Waals surface area contributed by atoms with Crippen LogP contribution in [0.2, 0.25) is 0 Å². The summed E-state index contributed by atoms with van der Waals surface area (Å²) < 4.78 is 68.7. The predicted molar refractivity (Wildman–Crippen MR) is 414 cm³/mol. The zero-order valence-electron chi connectivity index (χ0n) is 66.5. The van der Waals surface area contributed by atoms with Gasteiger partial charge in [0.1, 0.15) is 19.3 Å². The molecular weight excluding hydrogens is 1320 g/mol. The minimum Gasteiger partial charge on any atom is -0.462 e. The normalized spacial score (nSPS) is 14.3. The molecule has 0 aromatic carbocycles. The Morgan fingerprint density at radius 2 is 0.475 bits per heavy atom. The first-order chi connectivity index (χ1) is 48.6. The Balaban J connectivity index is 5.22. The molecule has 0 aliphatic carbocycles. The van der Waals surface area contributed by atoms with E-state index in [2.05, 4.69) is 55.4 Å². The van der Waals surface area contributed by atoms with Gasteiger partial charge in [0.15, 0.2) is 12.2 Å². The molecule has 17 nitrogen and oxygen atoms in total. The maximum atomic E-state index is 13.1. The fourth-order valence-electron chi connectivity index (χ4n) is 12.6. The first kappa shape index (κ1) is 99.1. The number of carbonyl (C=O) groups excluding carboxylic acids is 4. The fraction of sp³-hybridized carbons (Fsp3) is 0.951. The van der Waals surface area contributed by atoms with Gasteiger partial charge in [-0.3, -0.25) is 37.3 Å². The van der Waals surface area contributed by atoms with Gasteiger partial charge in [-0.05, 0) is 49.4 Å². The Hall–Kier alpha value is -1.94. The van der Waals surface area contributed by atoms with E-state index in [1.165, 1.54) is 218 Å². The monoisotopic (exact) mass is 1480 g/mol. The predicted octanol–water partition coefficient (Wildman–Crippen LogP) is 24.4. The van der Waals surface area contributed by atoms with E-state index in [4.69, 9.17) is 37.0 Å². The Morgan fingerprint density at radius 1 is 0.277 bits per heavy atom. The van der Waals surface area contributed by atoms with Gasteiger partial charge >= 0.3 is 39.5 Å². The molecule has 0 amide bonds. The summed E-state index contributed by atoms with van der Waals surface area (Å²) in [7, 11) is -9.92. The van der Waals surface area contributed by atoms with E-state index >= 15 is 0 Å². The smallest absolute Gasteiger partial charge is 0.462 e. The Bertz CT molecular complexity index is 1970. The highest BCUT2D eigenvalue weighted by atomic mass is 31.2. The minimum atomic E-state index is -4.96. The van der Waals surface area contributed by atoms with Gasteiger partial charge in [0.2, 0.25) is 0 Å². The summed E-state index contributed by atoms with van der Waals surface area (Å²) in [4.78, 5) is 73.1. The summed E-state index contributed by atoms with van der Waals surface area (Å²) in [5.74, 6) is 1.01. The third-order valence-corrected chi connectivity index (χ3v) is 21.3. The zero-order chi connectivity index (χ0) is 74.6. The molecule has 0 aliphatic heterocycles. The van der Waals surface area contributed by atoms with Gasteiger partial charge in [-0.1, -0.05) is 370 Å². The van der Waals surface area contributed by atoms with E-state index in [0.717, 1.165) is 114 Å². The molecule has 3 N–H and O–H groups in total. The van der Waals surface area contributed by atoms with Crippen LogP contribution in [0.15, 0.2) is 0 Å². The van der Waals surface area contributed by atoms with Crippen LogP contribution in [0.1, 0.15) is 421 Å². The molecule has 0 aliphatic rings. The zero-order valence-corrected chi connectivity index (χ0v) is 68.3. The van der Waals surface area contributed by atoms with E-state index in [1.807, 2.05) is 0 Å². The van der Waals surface area contributed by atoms with Crippen molar-refractivity contribution in [3.8, 4) is 0 Å². The summed E-state index contributed by atoms with van der Waals surface area (Å²) >= 11 is 0. The van der Waals surface area contributed by atoms with Crippen molar-refractivity contribution >= 4 is 39.5 Å². The molecule has 600 valence electrons. The lowest BCUT2D eigenvalue weighted by atomic mass is 9.99. The topological polar surface area (TPSA) is 237 Å². The van der Waals surface area contributed by atoms with Gasteiger partial charge < -0.3 is 33.8 Å². The fourth-order valence-corrected chi connectivity index (χ4v) is 14.2. The van der Waals surface area contributed by atoms with Crippen molar-refractivity contribution in [3.63, 3.8) is 0 Å². The molecule has 0 bridgehead atoms. The molecular formula is C82H160O17P2. The average Bonchev–Trinajstić information content (AvgIpc) is 0.917. The summed E-state index contributed by atoms with van der Waals surface area (Å²) in [6, 6.07) is 0. The lowest BCUT2D eigenvalue weighted by Gasteiger charge is -2.21. The lowest BCUT2D eigenvalue weighted by molar-refractivity contribution is -0.161. The number of hydrogen-bond acceptors (Lipinski definition) is 15. The Morgan fingerprint density at radius 3 is 0.703 bits per heavy atom. The number of ether oxygens (including phenoxy) is 4. The number of esters is 4. The molecule has 4 unspecified atom stereocenters. The van der Waals surface area contributed by atoms with Crippen molar-refractivity contribution in [2.45, 2.75) is 440 Å². The second-order valence-electron chi connectivity index (χ2n) is 31.2. The van der Waals surface area contributed by atoms with Crippen molar-refractivity contribution in [2.75, 3.05) is 39.6 Å². The quantitative estimate of drug-likeness (QED) is 0.0222. The molecule has 101 heavy (non-hydrogen) atoms. The molecule has 0 aromatic heterocycles. The minimum absolute atomic E-state index is 0.106. The molecule has 0 saturated heterocycles. The number of unbranched alkanes of at least 4 members (excludes halogenated alkanes) is 44. The van der Waals surface area contributed by atoms with Gasteiger partial charge in [-0.15, -0.1) is 0 Å². The molecule has 0 radical (unpaired) electrons. The van der Waals surface area contributed by atoms with Crippen molar-refractivity contribution < 1.29 is 80.2 Å². The number of rotatable bonds is 79. The lowest BCUT2D eigenvalue weighted by Crippen LogP contribution is -2.30. The number of hydrogen-bond donors (Lipinski definition) is 3. The second kappa shape index (κ2) is 71.0. The van der Waals surface area contributed by atoms with Crippen LogP contribution in [-0.4, -0.2) is 96.7 Å². The number of carbonyl (C=O) groups is 4. The van der Waals surface area contributed by atoms with Crippen LogP contribution >= 0.6 is 15.6 Å². The van der Waals surface area contributed by atoms with Gasteiger partial charge in [0, 0.05) is 25.7 Å². The van der Waals surface area contributed by atoms with Crippen LogP contribution in [0.5, 0.6) is 0 Å².